The first-order chi connectivity index (χ1) is 16.4. The highest BCUT2D eigenvalue weighted by molar-refractivity contribution is 6.33. The first-order valence-corrected chi connectivity index (χ1v) is 12.1. The van der Waals surface area contributed by atoms with Crippen LogP contribution in [-0.2, 0) is 23.9 Å². The smallest absolute Gasteiger partial charge is 0.310 e. The van der Waals surface area contributed by atoms with Crippen molar-refractivity contribution in [2.24, 2.45) is 5.41 Å². The Bertz CT molecular complexity index is 995. The minimum Gasteiger partial charge on any atom is -0.433 e. The minimum absolute atomic E-state index is 0.00188. The van der Waals surface area contributed by atoms with Crippen molar-refractivity contribution < 1.29 is 28.7 Å². The van der Waals surface area contributed by atoms with Crippen molar-refractivity contribution in [3.63, 3.8) is 0 Å². The molecule has 1 aromatic rings. The second-order valence-corrected chi connectivity index (χ2v) is 10.2. The molecule has 10 nitrogen and oxygen atoms in total. The number of nitrogens with zero attached hydrogens (tertiary/aromatic N) is 1. The van der Waals surface area contributed by atoms with Crippen LogP contribution in [0.2, 0.25) is 5.02 Å². The quantitative estimate of drug-likeness (QED) is 0.377. The van der Waals surface area contributed by atoms with E-state index in [1.165, 1.54) is 23.1 Å². The van der Waals surface area contributed by atoms with Crippen LogP contribution < -0.4 is 16.4 Å². The molecule has 4 N–H and O–H groups in total. The normalized spacial score (nSPS) is 23.1. The molecule has 1 aromatic carbocycles. The van der Waals surface area contributed by atoms with Crippen LogP contribution in [-0.4, -0.2) is 66.2 Å². The van der Waals surface area contributed by atoms with E-state index in [2.05, 4.69) is 10.6 Å². The van der Waals surface area contributed by atoms with Gasteiger partial charge < -0.3 is 30.7 Å². The Morgan fingerprint density at radius 3 is 2.66 bits per heavy atom. The van der Waals surface area contributed by atoms with E-state index in [1.807, 2.05) is 20.8 Å². The Kier molecular flexibility index (Phi) is 8.27. The van der Waals surface area contributed by atoms with Crippen LogP contribution in [0.1, 0.15) is 57.3 Å². The lowest BCUT2D eigenvalue weighted by molar-refractivity contribution is -0.164. The van der Waals surface area contributed by atoms with Crippen LogP contribution in [0.3, 0.4) is 0 Å². The number of nitrogen functional groups attached to an aromatic ring is 1. The van der Waals surface area contributed by atoms with Gasteiger partial charge in [-0.25, -0.2) is 0 Å². The van der Waals surface area contributed by atoms with Crippen molar-refractivity contribution in [2.45, 2.75) is 71.4 Å². The maximum atomic E-state index is 13.6. The lowest BCUT2D eigenvalue weighted by Gasteiger charge is -2.35. The van der Waals surface area contributed by atoms with E-state index in [1.54, 1.807) is 6.92 Å². The maximum Gasteiger partial charge on any atom is 0.310 e. The summed E-state index contributed by atoms with van der Waals surface area (Å²) in [6.07, 6.45) is 0.255. The number of esters is 1. The van der Waals surface area contributed by atoms with Crippen LogP contribution in [0.25, 0.3) is 0 Å². The predicted octanol–water partition coefficient (Wildman–Crippen LogP) is 1.85. The predicted molar refractivity (Wildman–Crippen MR) is 129 cm³/mol. The van der Waals surface area contributed by atoms with Crippen LogP contribution in [0.15, 0.2) is 18.2 Å². The monoisotopic (exact) mass is 508 g/mol. The standard InChI is InChI=1S/C24H33ClN4O6/c1-5-34-23-16(12-18(30)35-23)27-21(32)17-7-6-10-29(17)22(33)19(24(2,3)4)28-20(31)13-8-9-15(26)14(25)11-13/h8-9,11,16-17,19,23H,5-7,10,12,26H2,1-4H3,(H,27,32)(H,28,31)/t16-,17?,19+,23+/m0/s1. The summed E-state index contributed by atoms with van der Waals surface area (Å²) in [4.78, 5) is 52.9. The van der Waals surface area contributed by atoms with Crippen molar-refractivity contribution in [1.82, 2.24) is 15.5 Å². The zero-order valence-corrected chi connectivity index (χ0v) is 21.2. The first-order valence-electron chi connectivity index (χ1n) is 11.7. The highest BCUT2D eigenvalue weighted by atomic mass is 35.5. The fraction of sp³-hybridized carbons (Fsp3) is 0.583. The summed E-state index contributed by atoms with van der Waals surface area (Å²) in [5.41, 5.74) is 5.71. The van der Waals surface area contributed by atoms with E-state index in [0.717, 1.165) is 0 Å². The number of amides is 3. The van der Waals surface area contributed by atoms with Crippen LogP contribution in [0, 0.1) is 5.41 Å². The number of anilines is 1. The third-order valence-corrected chi connectivity index (χ3v) is 6.44. The van der Waals surface area contributed by atoms with Crippen molar-refractivity contribution in [3.05, 3.63) is 28.8 Å². The van der Waals surface area contributed by atoms with E-state index in [-0.39, 0.29) is 28.8 Å². The van der Waals surface area contributed by atoms with Gasteiger partial charge in [0.25, 0.3) is 5.91 Å². The van der Waals surface area contributed by atoms with Gasteiger partial charge in [-0.2, -0.15) is 0 Å². The molecule has 2 heterocycles. The molecule has 2 fully saturated rings. The highest BCUT2D eigenvalue weighted by Crippen LogP contribution is 2.27. The molecule has 3 amide bonds. The lowest BCUT2D eigenvalue weighted by Crippen LogP contribution is -2.58. The number of cyclic esters (lactones) is 1. The fourth-order valence-corrected chi connectivity index (χ4v) is 4.43. The van der Waals surface area contributed by atoms with Gasteiger partial charge >= 0.3 is 5.97 Å². The zero-order chi connectivity index (χ0) is 25.9. The summed E-state index contributed by atoms with van der Waals surface area (Å²) in [7, 11) is 0. The topological polar surface area (TPSA) is 140 Å². The van der Waals surface area contributed by atoms with Crippen LogP contribution in [0.5, 0.6) is 0 Å². The third-order valence-electron chi connectivity index (χ3n) is 6.11. The second-order valence-electron chi connectivity index (χ2n) is 9.83. The summed E-state index contributed by atoms with van der Waals surface area (Å²) in [5, 5.41) is 5.86. The Hall–Kier alpha value is -2.85. The molecular formula is C24H33ClN4O6. The molecule has 2 aliphatic heterocycles. The lowest BCUT2D eigenvalue weighted by atomic mass is 9.85. The van der Waals surface area contributed by atoms with Gasteiger partial charge in [0.15, 0.2) is 0 Å². The number of benzene rings is 1. The van der Waals surface area contributed by atoms with Gasteiger partial charge in [0, 0.05) is 18.7 Å². The average molecular weight is 509 g/mol. The first kappa shape index (κ1) is 26.7. The van der Waals surface area contributed by atoms with Crippen molar-refractivity contribution >= 4 is 41.0 Å². The Balaban J connectivity index is 1.74. The van der Waals surface area contributed by atoms with E-state index in [4.69, 9.17) is 26.8 Å². The van der Waals surface area contributed by atoms with Gasteiger partial charge in [-0.05, 0) is 43.4 Å². The molecule has 4 atom stereocenters. The van der Waals surface area contributed by atoms with Crippen molar-refractivity contribution in [1.29, 1.82) is 0 Å². The molecule has 192 valence electrons. The summed E-state index contributed by atoms with van der Waals surface area (Å²) in [6, 6.07) is 2.26. The fourth-order valence-electron chi connectivity index (χ4n) is 4.25. The number of ether oxygens (including phenoxy) is 2. The molecule has 11 heteroatoms. The Morgan fingerprint density at radius 1 is 1.31 bits per heavy atom. The van der Waals surface area contributed by atoms with E-state index < -0.39 is 41.7 Å². The molecule has 0 bridgehead atoms. The molecule has 3 rings (SSSR count). The number of carbonyl (C=O) groups is 4. The van der Waals surface area contributed by atoms with Gasteiger partial charge in [0.1, 0.15) is 18.1 Å². The summed E-state index contributed by atoms with van der Waals surface area (Å²) in [6.45, 7) is 7.98. The molecule has 0 radical (unpaired) electrons. The molecule has 2 saturated heterocycles. The second kappa shape index (κ2) is 10.8. The number of halogens is 1. The van der Waals surface area contributed by atoms with E-state index >= 15 is 0 Å². The van der Waals surface area contributed by atoms with Crippen molar-refractivity contribution in [2.75, 3.05) is 18.9 Å². The van der Waals surface area contributed by atoms with Gasteiger partial charge in [-0.1, -0.05) is 32.4 Å². The van der Waals surface area contributed by atoms with Crippen LogP contribution >= 0.6 is 11.6 Å². The molecule has 0 saturated carbocycles. The molecule has 1 unspecified atom stereocenters. The number of hydrogen-bond donors (Lipinski definition) is 3. The number of hydrogen-bond acceptors (Lipinski definition) is 7. The van der Waals surface area contributed by atoms with Gasteiger partial charge in [0.05, 0.1) is 17.1 Å². The number of carbonyl (C=O) groups excluding carboxylic acids is 4. The maximum absolute atomic E-state index is 13.6. The minimum atomic E-state index is -0.896. The zero-order valence-electron chi connectivity index (χ0n) is 20.4. The van der Waals surface area contributed by atoms with Gasteiger partial charge in [-0.15, -0.1) is 0 Å². The Morgan fingerprint density at radius 2 is 2.03 bits per heavy atom. The molecule has 0 aromatic heterocycles. The SMILES string of the molecule is CCO[C@@H]1OC(=O)C[C@@H]1NC(=O)C1CCCN1C(=O)[C@@H](NC(=O)c1ccc(N)c(Cl)c1)C(C)(C)C. The molecule has 35 heavy (non-hydrogen) atoms. The van der Waals surface area contributed by atoms with E-state index in [0.29, 0.717) is 31.7 Å². The number of rotatable bonds is 7. The number of likely N-dealkylation sites (tertiary alicyclic amines) is 1. The summed E-state index contributed by atoms with van der Waals surface area (Å²) >= 11 is 6.05. The van der Waals surface area contributed by atoms with Crippen molar-refractivity contribution in [3.8, 4) is 0 Å². The van der Waals surface area contributed by atoms with Gasteiger partial charge in [0.2, 0.25) is 18.1 Å². The molecule has 0 aliphatic carbocycles. The molecule has 0 spiro atoms. The number of nitrogens with two attached hydrogens (primary N) is 1. The largest absolute Gasteiger partial charge is 0.433 e. The summed E-state index contributed by atoms with van der Waals surface area (Å²) < 4.78 is 10.5. The average Bonchev–Trinajstić information content (AvgIpc) is 3.39. The Labute approximate surface area is 209 Å². The van der Waals surface area contributed by atoms with Crippen LogP contribution in [0.4, 0.5) is 5.69 Å². The number of nitrogens with one attached hydrogen (secondary N) is 2. The molecule has 2 aliphatic rings. The third kappa shape index (κ3) is 6.24. The highest BCUT2D eigenvalue weighted by Gasteiger charge is 2.44. The summed E-state index contributed by atoms with van der Waals surface area (Å²) in [5.74, 6) is -1.66. The molecular weight excluding hydrogens is 476 g/mol. The van der Waals surface area contributed by atoms with E-state index in [9.17, 15) is 19.2 Å². The van der Waals surface area contributed by atoms with Gasteiger partial charge in [-0.3, -0.25) is 19.2 Å².